The Labute approximate surface area is 390 Å². The SMILES string of the molecule is CCC(Cc1ccccc1-c1cc2c(cc1C)C1(c3ccccc3-c3ccccc31)c1ccccc1-2)c1nc(-c2cccc(-c3ccccc3)c2)nc(-c2ccc3c(c2)oc2ccccc23)n1. The van der Waals surface area contributed by atoms with Crippen LogP contribution in [-0.4, -0.2) is 15.0 Å². The minimum atomic E-state index is -0.376. The number of hydrogen-bond acceptors (Lipinski definition) is 4. The summed E-state index contributed by atoms with van der Waals surface area (Å²) in [6.45, 7) is 4.54. The lowest BCUT2D eigenvalue weighted by Gasteiger charge is -2.31. The van der Waals surface area contributed by atoms with E-state index in [1.807, 2.05) is 18.2 Å². The number of aromatic nitrogens is 3. The Kier molecular flexibility index (Phi) is 9.04. The fourth-order valence-corrected chi connectivity index (χ4v) is 11.3. The lowest BCUT2D eigenvalue weighted by molar-refractivity contribution is 0.616. The van der Waals surface area contributed by atoms with Crippen LogP contribution in [0.4, 0.5) is 0 Å². The third-order valence-electron chi connectivity index (χ3n) is 14.5. The molecule has 1 spiro atoms. The highest BCUT2D eigenvalue weighted by Crippen LogP contribution is 2.63. The molecule has 0 saturated heterocycles. The Hall–Kier alpha value is -8.21. The van der Waals surface area contributed by atoms with Crippen LogP contribution in [0.1, 0.15) is 58.5 Å². The molecule has 11 aromatic rings. The van der Waals surface area contributed by atoms with E-state index in [4.69, 9.17) is 19.4 Å². The van der Waals surface area contributed by atoms with Crippen molar-refractivity contribution in [3.8, 4) is 67.3 Å². The number of hydrogen-bond donors (Lipinski definition) is 0. The molecule has 4 nitrogen and oxygen atoms in total. The van der Waals surface area contributed by atoms with Gasteiger partial charge < -0.3 is 4.42 Å². The van der Waals surface area contributed by atoms with E-state index in [0.29, 0.717) is 11.6 Å². The summed E-state index contributed by atoms with van der Waals surface area (Å²) in [6.07, 6.45) is 1.61. The third-order valence-corrected chi connectivity index (χ3v) is 14.5. The summed E-state index contributed by atoms with van der Waals surface area (Å²) in [7, 11) is 0. The van der Waals surface area contributed by atoms with Gasteiger partial charge in [-0.2, -0.15) is 0 Å². The summed E-state index contributed by atoms with van der Waals surface area (Å²) in [5, 5.41) is 2.17. The molecule has 0 amide bonds. The molecule has 67 heavy (non-hydrogen) atoms. The van der Waals surface area contributed by atoms with Crippen molar-refractivity contribution in [1.29, 1.82) is 0 Å². The molecule has 318 valence electrons. The normalized spacial score (nSPS) is 13.4. The summed E-state index contributed by atoms with van der Waals surface area (Å²) in [6, 6.07) is 74.6. The number of furan rings is 1. The van der Waals surface area contributed by atoms with Crippen molar-refractivity contribution in [3.05, 3.63) is 245 Å². The van der Waals surface area contributed by atoms with Gasteiger partial charge in [0.1, 0.15) is 17.0 Å². The van der Waals surface area contributed by atoms with Crippen LogP contribution in [0.15, 0.2) is 211 Å². The highest BCUT2D eigenvalue weighted by Gasteiger charge is 2.51. The second kappa shape index (κ2) is 15.5. The average molecular weight is 860 g/mol. The molecule has 4 heteroatoms. The molecular formula is C63H45N3O. The first-order valence-corrected chi connectivity index (χ1v) is 23.4. The van der Waals surface area contributed by atoms with Crippen molar-refractivity contribution in [2.24, 2.45) is 0 Å². The maximum Gasteiger partial charge on any atom is 0.163 e. The Bertz CT molecular complexity index is 3710. The molecule has 1 atom stereocenters. The predicted molar refractivity (Wildman–Crippen MR) is 273 cm³/mol. The van der Waals surface area contributed by atoms with Crippen LogP contribution in [0.25, 0.3) is 89.2 Å². The van der Waals surface area contributed by atoms with Crippen molar-refractivity contribution in [1.82, 2.24) is 15.0 Å². The van der Waals surface area contributed by atoms with E-state index in [-0.39, 0.29) is 11.3 Å². The van der Waals surface area contributed by atoms with E-state index in [1.165, 1.54) is 66.8 Å². The first-order valence-electron chi connectivity index (χ1n) is 23.4. The van der Waals surface area contributed by atoms with Gasteiger partial charge in [-0.3, -0.25) is 0 Å². The van der Waals surface area contributed by atoms with Crippen LogP contribution < -0.4 is 0 Å². The number of aryl methyl sites for hydroxylation is 1. The number of rotatable bonds is 8. The largest absolute Gasteiger partial charge is 0.456 e. The smallest absolute Gasteiger partial charge is 0.163 e. The highest BCUT2D eigenvalue weighted by atomic mass is 16.3. The molecule has 13 rings (SSSR count). The maximum absolute atomic E-state index is 6.37. The van der Waals surface area contributed by atoms with E-state index in [0.717, 1.165) is 62.9 Å². The lowest BCUT2D eigenvalue weighted by atomic mass is 9.70. The Morgan fingerprint density at radius 1 is 0.418 bits per heavy atom. The third kappa shape index (κ3) is 6.09. The molecule has 9 aromatic carbocycles. The van der Waals surface area contributed by atoms with Crippen LogP contribution in [0.3, 0.4) is 0 Å². The fraction of sp³-hybridized carbons (Fsp3) is 0.0952. The molecule has 2 aromatic heterocycles. The van der Waals surface area contributed by atoms with Crippen LogP contribution >= 0.6 is 0 Å². The zero-order chi connectivity index (χ0) is 44.6. The number of fused-ring (bicyclic) bond motifs is 13. The van der Waals surface area contributed by atoms with Crippen molar-refractivity contribution in [2.75, 3.05) is 0 Å². The first-order chi connectivity index (χ1) is 33.1. The highest BCUT2D eigenvalue weighted by molar-refractivity contribution is 6.05. The van der Waals surface area contributed by atoms with E-state index in [9.17, 15) is 0 Å². The van der Waals surface area contributed by atoms with Crippen LogP contribution in [-0.2, 0) is 11.8 Å². The molecule has 0 aliphatic heterocycles. The summed E-state index contributed by atoms with van der Waals surface area (Å²) >= 11 is 0. The average Bonchev–Trinajstić information content (AvgIpc) is 4.01. The monoisotopic (exact) mass is 859 g/mol. The topological polar surface area (TPSA) is 51.8 Å². The van der Waals surface area contributed by atoms with Gasteiger partial charge in [0.05, 0.1) is 5.41 Å². The maximum atomic E-state index is 6.37. The summed E-state index contributed by atoms with van der Waals surface area (Å²) in [5.41, 5.74) is 21.1. The Morgan fingerprint density at radius 2 is 0.985 bits per heavy atom. The zero-order valence-corrected chi connectivity index (χ0v) is 37.4. The van der Waals surface area contributed by atoms with Crippen molar-refractivity contribution in [3.63, 3.8) is 0 Å². The Morgan fingerprint density at radius 3 is 1.70 bits per heavy atom. The summed E-state index contributed by atoms with van der Waals surface area (Å²) in [5.74, 6) is 2.09. The van der Waals surface area contributed by atoms with Crippen LogP contribution in [0, 0.1) is 6.92 Å². The summed E-state index contributed by atoms with van der Waals surface area (Å²) in [4.78, 5) is 15.9. The molecular weight excluding hydrogens is 815 g/mol. The van der Waals surface area contributed by atoms with Gasteiger partial charge in [-0.25, -0.2) is 15.0 Å². The minimum absolute atomic E-state index is 0.0131. The standard InChI is InChI=1S/C63H45N3O/c1-3-40(60-64-61(44-22-17-21-42(36-44)41-18-5-4-6-19-41)66-62(65-60)45-32-33-51-50-27-12-16-31-58(50)67-59(51)37-45)35-43-20-7-8-23-46(43)52-38-53-49-26-11-15-30-56(49)63(57(53)34-39(52)2)54-28-13-9-24-47(54)48-25-10-14-29-55(48)63/h4-34,36-38,40H,3,35H2,1-2H3. The predicted octanol–water partition coefficient (Wildman–Crippen LogP) is 15.8. The van der Waals surface area contributed by atoms with Gasteiger partial charge in [0.25, 0.3) is 0 Å². The molecule has 2 aliphatic carbocycles. The summed E-state index contributed by atoms with van der Waals surface area (Å²) < 4.78 is 6.37. The van der Waals surface area contributed by atoms with Gasteiger partial charge in [0.15, 0.2) is 11.6 Å². The second-order valence-electron chi connectivity index (χ2n) is 18.2. The van der Waals surface area contributed by atoms with Gasteiger partial charge >= 0.3 is 0 Å². The molecule has 0 fully saturated rings. The van der Waals surface area contributed by atoms with E-state index < -0.39 is 0 Å². The number of para-hydroxylation sites is 1. The minimum Gasteiger partial charge on any atom is -0.456 e. The first kappa shape index (κ1) is 39.2. The van der Waals surface area contributed by atoms with E-state index >= 15 is 0 Å². The van der Waals surface area contributed by atoms with Gasteiger partial charge in [0, 0.05) is 27.8 Å². The van der Waals surface area contributed by atoms with Gasteiger partial charge in [-0.05, 0) is 128 Å². The molecule has 0 N–H and O–H groups in total. The molecule has 0 bridgehead atoms. The van der Waals surface area contributed by atoms with E-state index in [2.05, 4.69) is 202 Å². The fourth-order valence-electron chi connectivity index (χ4n) is 11.3. The number of benzene rings is 9. The van der Waals surface area contributed by atoms with Crippen LogP contribution in [0.2, 0.25) is 0 Å². The lowest BCUT2D eigenvalue weighted by Crippen LogP contribution is -2.25. The van der Waals surface area contributed by atoms with Crippen LogP contribution in [0.5, 0.6) is 0 Å². The molecule has 2 aliphatic rings. The zero-order valence-electron chi connectivity index (χ0n) is 37.4. The molecule has 0 saturated carbocycles. The van der Waals surface area contributed by atoms with Crippen molar-refractivity contribution < 1.29 is 4.42 Å². The van der Waals surface area contributed by atoms with Crippen molar-refractivity contribution >= 4 is 21.9 Å². The van der Waals surface area contributed by atoms with E-state index in [1.54, 1.807) is 0 Å². The van der Waals surface area contributed by atoms with Gasteiger partial charge in [0.2, 0.25) is 0 Å². The molecule has 2 heterocycles. The number of nitrogens with zero attached hydrogens (tertiary/aromatic N) is 3. The van der Waals surface area contributed by atoms with Gasteiger partial charge in [-0.1, -0.05) is 183 Å². The Balaban J connectivity index is 0.932. The van der Waals surface area contributed by atoms with Crippen molar-refractivity contribution in [2.45, 2.75) is 38.0 Å². The molecule has 1 unspecified atom stereocenters. The second-order valence-corrected chi connectivity index (χ2v) is 18.2. The molecule has 0 radical (unpaired) electrons. The van der Waals surface area contributed by atoms with Gasteiger partial charge in [-0.15, -0.1) is 0 Å². The quantitative estimate of drug-likeness (QED) is 0.153.